The Kier molecular flexibility index (Phi) is 2.72. The number of H-pyrrole nitrogens is 1. The highest BCUT2D eigenvalue weighted by molar-refractivity contribution is 5.44. The third kappa shape index (κ3) is 2.59. The maximum atomic E-state index is 12.0. The number of rotatable bonds is 2. The molecule has 13 heavy (non-hydrogen) atoms. The molecule has 0 spiro atoms. The van der Waals surface area contributed by atoms with Crippen molar-refractivity contribution in [2.45, 2.75) is 6.18 Å². The average molecular weight is 191 g/mol. The van der Waals surface area contributed by atoms with Crippen molar-refractivity contribution in [3.63, 3.8) is 0 Å². The van der Waals surface area contributed by atoms with Gasteiger partial charge in [0.2, 0.25) is 0 Å². The molecular formula is C7H8F3N3. The Balaban J connectivity index is 2.81. The molecule has 0 aliphatic carbocycles. The summed E-state index contributed by atoms with van der Waals surface area (Å²) in [6.07, 6.45) is -1.43. The molecule has 1 rings (SSSR count). The molecule has 72 valence electrons. The summed E-state index contributed by atoms with van der Waals surface area (Å²) in [5.74, 6) is 0. The van der Waals surface area contributed by atoms with Gasteiger partial charge in [-0.2, -0.15) is 18.3 Å². The van der Waals surface area contributed by atoms with E-state index in [1.165, 1.54) is 12.2 Å². The first-order valence-corrected chi connectivity index (χ1v) is 3.53. The van der Waals surface area contributed by atoms with Crippen LogP contribution in [0.15, 0.2) is 12.1 Å². The van der Waals surface area contributed by atoms with Crippen LogP contribution in [0.1, 0.15) is 11.4 Å². The second-order valence-corrected chi connectivity index (χ2v) is 2.34. The van der Waals surface area contributed by atoms with Gasteiger partial charge in [-0.05, 0) is 12.1 Å². The van der Waals surface area contributed by atoms with Crippen molar-refractivity contribution < 1.29 is 13.2 Å². The van der Waals surface area contributed by atoms with Gasteiger partial charge in [0, 0.05) is 6.54 Å². The summed E-state index contributed by atoms with van der Waals surface area (Å²) in [6, 6.07) is 0.923. The number of nitrogens with two attached hydrogens (primary N) is 1. The second-order valence-electron chi connectivity index (χ2n) is 2.34. The van der Waals surface area contributed by atoms with Crippen molar-refractivity contribution in [1.82, 2.24) is 10.2 Å². The van der Waals surface area contributed by atoms with E-state index >= 15 is 0 Å². The van der Waals surface area contributed by atoms with Gasteiger partial charge in [-0.15, -0.1) is 0 Å². The van der Waals surface area contributed by atoms with Gasteiger partial charge in [0.25, 0.3) is 0 Å². The fourth-order valence-electron chi connectivity index (χ4n) is 0.757. The topological polar surface area (TPSA) is 54.7 Å². The molecule has 0 unspecified atom stereocenters. The summed E-state index contributed by atoms with van der Waals surface area (Å²) in [5.41, 5.74) is 4.48. The van der Waals surface area contributed by atoms with Gasteiger partial charge in [0.15, 0.2) is 0 Å². The molecule has 3 nitrogen and oxygen atoms in total. The van der Waals surface area contributed by atoms with Gasteiger partial charge >= 0.3 is 6.18 Å². The molecule has 0 bridgehead atoms. The van der Waals surface area contributed by atoms with Crippen molar-refractivity contribution in [3.8, 4) is 0 Å². The van der Waals surface area contributed by atoms with Gasteiger partial charge < -0.3 is 5.73 Å². The highest BCUT2D eigenvalue weighted by Crippen LogP contribution is 2.27. The predicted octanol–water partition coefficient (Wildman–Crippen LogP) is 1.40. The lowest BCUT2D eigenvalue weighted by molar-refractivity contribution is -0.141. The van der Waals surface area contributed by atoms with E-state index in [-0.39, 0.29) is 12.2 Å². The summed E-state index contributed by atoms with van der Waals surface area (Å²) in [7, 11) is 0. The lowest BCUT2D eigenvalue weighted by Crippen LogP contribution is -2.04. The molecule has 0 atom stereocenters. The molecular weight excluding hydrogens is 183 g/mol. The van der Waals surface area contributed by atoms with Crippen molar-refractivity contribution in [1.29, 1.82) is 0 Å². The molecule has 1 heterocycles. The van der Waals surface area contributed by atoms with Crippen LogP contribution >= 0.6 is 0 Å². The van der Waals surface area contributed by atoms with Crippen molar-refractivity contribution in [2.75, 3.05) is 6.54 Å². The standard InChI is InChI=1S/C7H8F3N3/c8-7(9,10)6-4-5(12-13-6)2-1-3-11/h1-2,4H,3,11H2,(H,12,13)/b2-1+. The molecule has 0 amide bonds. The summed E-state index contributed by atoms with van der Waals surface area (Å²) >= 11 is 0. The van der Waals surface area contributed by atoms with Crippen LogP contribution in [0, 0.1) is 0 Å². The Morgan fingerprint density at radius 1 is 1.54 bits per heavy atom. The number of alkyl halides is 3. The van der Waals surface area contributed by atoms with E-state index in [2.05, 4.69) is 5.10 Å². The zero-order valence-electron chi connectivity index (χ0n) is 6.60. The predicted molar refractivity (Wildman–Crippen MR) is 41.7 cm³/mol. The fraction of sp³-hybridized carbons (Fsp3) is 0.286. The van der Waals surface area contributed by atoms with Gasteiger partial charge in [-0.25, -0.2) is 0 Å². The Labute approximate surface area is 72.4 Å². The summed E-state index contributed by atoms with van der Waals surface area (Å²) in [6.45, 7) is 0.272. The van der Waals surface area contributed by atoms with Crippen LogP contribution in [0.5, 0.6) is 0 Å². The number of hydrogen-bond acceptors (Lipinski definition) is 2. The molecule has 0 aromatic carbocycles. The van der Waals surface area contributed by atoms with E-state index in [1.54, 1.807) is 0 Å². The summed E-state index contributed by atoms with van der Waals surface area (Å²) in [5, 5.41) is 5.32. The van der Waals surface area contributed by atoms with Gasteiger partial charge in [-0.3, -0.25) is 5.10 Å². The monoisotopic (exact) mass is 191 g/mol. The number of nitrogens with one attached hydrogen (secondary N) is 1. The number of aromatic amines is 1. The fourth-order valence-corrected chi connectivity index (χ4v) is 0.757. The lowest BCUT2D eigenvalue weighted by atomic mass is 10.3. The third-order valence-electron chi connectivity index (χ3n) is 1.33. The van der Waals surface area contributed by atoms with Crippen LogP contribution < -0.4 is 5.73 Å². The maximum absolute atomic E-state index is 12.0. The number of hydrogen-bond donors (Lipinski definition) is 2. The number of nitrogens with zero attached hydrogens (tertiary/aromatic N) is 1. The maximum Gasteiger partial charge on any atom is 0.432 e. The molecule has 0 aliphatic heterocycles. The van der Waals surface area contributed by atoms with Crippen molar-refractivity contribution in [3.05, 3.63) is 23.5 Å². The molecule has 0 saturated carbocycles. The minimum Gasteiger partial charge on any atom is -0.327 e. The molecule has 3 N–H and O–H groups in total. The third-order valence-corrected chi connectivity index (χ3v) is 1.33. The second kappa shape index (κ2) is 3.61. The zero-order chi connectivity index (χ0) is 9.90. The zero-order valence-corrected chi connectivity index (χ0v) is 6.60. The van der Waals surface area contributed by atoms with E-state index in [1.807, 2.05) is 5.10 Å². The SMILES string of the molecule is NC/C=C/c1cc(C(F)(F)F)[nH]n1. The Morgan fingerprint density at radius 3 is 2.69 bits per heavy atom. The largest absolute Gasteiger partial charge is 0.432 e. The highest BCUT2D eigenvalue weighted by atomic mass is 19.4. The van der Waals surface area contributed by atoms with Crippen molar-refractivity contribution >= 4 is 6.08 Å². The van der Waals surface area contributed by atoms with Crippen LogP contribution in [-0.4, -0.2) is 16.7 Å². The first kappa shape index (κ1) is 9.79. The Hall–Kier alpha value is -1.30. The van der Waals surface area contributed by atoms with Crippen molar-refractivity contribution in [2.24, 2.45) is 5.73 Å². The molecule has 0 fully saturated rings. The van der Waals surface area contributed by atoms with E-state index in [4.69, 9.17) is 5.73 Å². The van der Waals surface area contributed by atoms with Gasteiger partial charge in [0.1, 0.15) is 5.69 Å². The summed E-state index contributed by atoms with van der Waals surface area (Å²) < 4.78 is 36.0. The quantitative estimate of drug-likeness (QED) is 0.742. The minimum atomic E-state index is -4.37. The minimum absolute atomic E-state index is 0.220. The Morgan fingerprint density at radius 2 is 2.23 bits per heavy atom. The van der Waals surface area contributed by atoms with E-state index in [0.717, 1.165) is 6.07 Å². The smallest absolute Gasteiger partial charge is 0.327 e. The highest BCUT2D eigenvalue weighted by Gasteiger charge is 2.32. The van der Waals surface area contributed by atoms with Gasteiger partial charge in [-0.1, -0.05) is 6.08 Å². The summed E-state index contributed by atoms with van der Waals surface area (Å²) in [4.78, 5) is 0. The van der Waals surface area contributed by atoms with Crippen LogP contribution in [-0.2, 0) is 6.18 Å². The number of aromatic nitrogens is 2. The first-order valence-electron chi connectivity index (χ1n) is 3.53. The van der Waals surface area contributed by atoms with Crippen LogP contribution in [0.4, 0.5) is 13.2 Å². The van der Waals surface area contributed by atoms with Gasteiger partial charge in [0.05, 0.1) is 5.69 Å². The van der Waals surface area contributed by atoms with Crippen LogP contribution in [0.2, 0.25) is 0 Å². The van der Waals surface area contributed by atoms with E-state index in [9.17, 15) is 13.2 Å². The normalized spacial score (nSPS) is 12.6. The molecule has 1 aromatic heterocycles. The van der Waals surface area contributed by atoms with Crippen LogP contribution in [0.3, 0.4) is 0 Å². The van der Waals surface area contributed by atoms with E-state index < -0.39 is 11.9 Å². The number of halogens is 3. The lowest BCUT2D eigenvalue weighted by Gasteiger charge is -1.99. The molecule has 0 radical (unpaired) electrons. The molecule has 6 heteroatoms. The molecule has 0 saturated heterocycles. The van der Waals surface area contributed by atoms with Crippen LogP contribution in [0.25, 0.3) is 6.08 Å². The Bertz CT molecular complexity index is 300. The average Bonchev–Trinajstić information content (AvgIpc) is 2.47. The molecule has 1 aromatic rings. The first-order chi connectivity index (χ1) is 6.04. The molecule has 0 aliphatic rings. The van der Waals surface area contributed by atoms with E-state index in [0.29, 0.717) is 0 Å².